The van der Waals surface area contributed by atoms with Crippen molar-refractivity contribution in [3.8, 4) is 11.8 Å². The average Bonchev–Trinajstić information content (AvgIpc) is 2.37. The molecule has 1 rings (SSSR count). The molecule has 3 N–H and O–H groups in total. The molecule has 0 aliphatic rings. The van der Waals surface area contributed by atoms with E-state index in [1.54, 1.807) is 0 Å². The SMILES string of the molecule is CC(CC(=O)Nc1ccc(F)cc1C#CCN)C(C)(C)C. The molecular weight excluding hydrogens is 267 g/mol. The van der Waals surface area contributed by atoms with E-state index in [0.717, 1.165) is 0 Å². The van der Waals surface area contributed by atoms with E-state index in [2.05, 4.69) is 37.9 Å². The molecule has 1 amide bonds. The number of amides is 1. The highest BCUT2D eigenvalue weighted by atomic mass is 19.1. The van der Waals surface area contributed by atoms with Crippen molar-refractivity contribution in [3.05, 3.63) is 29.6 Å². The fourth-order valence-corrected chi connectivity index (χ4v) is 1.66. The van der Waals surface area contributed by atoms with Gasteiger partial charge in [0, 0.05) is 6.42 Å². The molecule has 0 spiro atoms. The second-order valence-electron chi connectivity index (χ2n) is 6.22. The van der Waals surface area contributed by atoms with Crippen LogP contribution in [0.5, 0.6) is 0 Å². The molecule has 1 aromatic carbocycles. The quantitative estimate of drug-likeness (QED) is 0.840. The van der Waals surface area contributed by atoms with Crippen molar-refractivity contribution in [1.82, 2.24) is 0 Å². The summed E-state index contributed by atoms with van der Waals surface area (Å²) < 4.78 is 13.3. The van der Waals surface area contributed by atoms with Crippen LogP contribution in [0.2, 0.25) is 0 Å². The fourth-order valence-electron chi connectivity index (χ4n) is 1.66. The van der Waals surface area contributed by atoms with Gasteiger partial charge in [-0.15, -0.1) is 0 Å². The van der Waals surface area contributed by atoms with E-state index in [1.807, 2.05) is 6.92 Å². The molecule has 1 aromatic rings. The Kier molecular flexibility index (Phi) is 5.92. The molecule has 0 aliphatic heterocycles. The van der Waals surface area contributed by atoms with Crippen LogP contribution in [0.1, 0.15) is 39.7 Å². The first kappa shape index (κ1) is 17.2. The van der Waals surface area contributed by atoms with E-state index in [9.17, 15) is 9.18 Å². The van der Waals surface area contributed by atoms with Gasteiger partial charge in [0.15, 0.2) is 0 Å². The average molecular weight is 290 g/mol. The standard InChI is InChI=1S/C17H23FN2O/c1-12(17(2,3)4)10-16(21)20-15-8-7-14(18)11-13(15)6-5-9-19/h7-8,11-12H,9-10,19H2,1-4H3,(H,20,21). The van der Waals surface area contributed by atoms with Gasteiger partial charge in [-0.3, -0.25) is 4.79 Å². The summed E-state index contributed by atoms with van der Waals surface area (Å²) in [5.74, 6) is 5.19. The molecular formula is C17H23FN2O. The largest absolute Gasteiger partial charge is 0.325 e. The van der Waals surface area contributed by atoms with Crippen molar-refractivity contribution in [2.45, 2.75) is 34.1 Å². The third-order valence-corrected chi connectivity index (χ3v) is 3.55. The summed E-state index contributed by atoms with van der Waals surface area (Å²) in [7, 11) is 0. The van der Waals surface area contributed by atoms with Gasteiger partial charge in [0.25, 0.3) is 0 Å². The number of rotatable bonds is 3. The predicted octanol–water partition coefficient (Wildman–Crippen LogP) is 3.15. The number of hydrogen-bond acceptors (Lipinski definition) is 2. The van der Waals surface area contributed by atoms with Crippen LogP contribution in [0, 0.1) is 29.0 Å². The van der Waals surface area contributed by atoms with Gasteiger partial charge in [0.2, 0.25) is 5.91 Å². The number of carbonyl (C=O) groups excluding carboxylic acids is 1. The van der Waals surface area contributed by atoms with Crippen molar-refractivity contribution in [1.29, 1.82) is 0 Å². The Balaban J connectivity index is 2.85. The normalized spacial score (nSPS) is 12.3. The summed E-state index contributed by atoms with van der Waals surface area (Å²) in [5, 5.41) is 2.80. The molecule has 1 unspecified atom stereocenters. The van der Waals surface area contributed by atoms with Crippen LogP contribution in [0.3, 0.4) is 0 Å². The molecule has 0 heterocycles. The van der Waals surface area contributed by atoms with Crippen molar-refractivity contribution in [3.63, 3.8) is 0 Å². The molecule has 0 saturated heterocycles. The van der Waals surface area contributed by atoms with Crippen LogP contribution >= 0.6 is 0 Å². The van der Waals surface area contributed by atoms with Crippen LogP contribution in [0.25, 0.3) is 0 Å². The van der Waals surface area contributed by atoms with Crippen molar-refractivity contribution >= 4 is 11.6 Å². The topological polar surface area (TPSA) is 55.1 Å². The molecule has 1 atom stereocenters. The molecule has 0 fully saturated rings. The van der Waals surface area contributed by atoms with Crippen LogP contribution in [0.15, 0.2) is 18.2 Å². The zero-order chi connectivity index (χ0) is 16.0. The minimum absolute atomic E-state index is 0.0579. The molecule has 114 valence electrons. The maximum absolute atomic E-state index is 13.3. The highest BCUT2D eigenvalue weighted by molar-refractivity contribution is 5.92. The first-order chi connectivity index (χ1) is 9.74. The van der Waals surface area contributed by atoms with E-state index in [0.29, 0.717) is 17.7 Å². The Morgan fingerprint density at radius 3 is 2.67 bits per heavy atom. The Hall–Kier alpha value is -1.86. The summed E-state index contributed by atoms with van der Waals surface area (Å²) >= 11 is 0. The van der Waals surface area contributed by atoms with Crippen LogP contribution < -0.4 is 11.1 Å². The van der Waals surface area contributed by atoms with Gasteiger partial charge in [-0.2, -0.15) is 0 Å². The van der Waals surface area contributed by atoms with E-state index in [1.165, 1.54) is 18.2 Å². The molecule has 0 aliphatic carbocycles. The highest BCUT2D eigenvalue weighted by Crippen LogP contribution is 2.28. The van der Waals surface area contributed by atoms with Gasteiger partial charge >= 0.3 is 0 Å². The summed E-state index contributed by atoms with van der Waals surface area (Å²) in [6.45, 7) is 8.52. The second kappa shape index (κ2) is 7.24. The van der Waals surface area contributed by atoms with Gasteiger partial charge in [0.1, 0.15) is 5.82 Å². The zero-order valence-electron chi connectivity index (χ0n) is 13.1. The Morgan fingerprint density at radius 1 is 1.43 bits per heavy atom. The molecule has 0 saturated carbocycles. The lowest BCUT2D eigenvalue weighted by atomic mass is 9.80. The van der Waals surface area contributed by atoms with Gasteiger partial charge in [-0.05, 0) is 29.5 Å². The Bertz CT molecular complexity index is 564. The van der Waals surface area contributed by atoms with Crippen molar-refractivity contribution in [2.75, 3.05) is 11.9 Å². The van der Waals surface area contributed by atoms with E-state index < -0.39 is 5.82 Å². The summed E-state index contributed by atoms with van der Waals surface area (Å²) in [6.07, 6.45) is 0.407. The number of halogens is 1. The molecule has 3 nitrogen and oxygen atoms in total. The van der Waals surface area contributed by atoms with E-state index in [-0.39, 0.29) is 23.8 Å². The highest BCUT2D eigenvalue weighted by Gasteiger charge is 2.22. The van der Waals surface area contributed by atoms with E-state index in [4.69, 9.17) is 5.73 Å². The number of carbonyl (C=O) groups is 1. The smallest absolute Gasteiger partial charge is 0.224 e. The lowest BCUT2D eigenvalue weighted by Gasteiger charge is -2.26. The van der Waals surface area contributed by atoms with Gasteiger partial charge in [-0.25, -0.2) is 4.39 Å². The van der Waals surface area contributed by atoms with Crippen LogP contribution in [-0.2, 0) is 4.79 Å². The second-order valence-corrected chi connectivity index (χ2v) is 6.22. The van der Waals surface area contributed by atoms with Gasteiger partial charge in [0.05, 0.1) is 17.8 Å². The lowest BCUT2D eigenvalue weighted by molar-refractivity contribution is -0.117. The van der Waals surface area contributed by atoms with Crippen LogP contribution in [0.4, 0.5) is 10.1 Å². The third kappa shape index (κ3) is 5.57. The number of anilines is 1. The fraction of sp³-hybridized carbons (Fsp3) is 0.471. The molecule has 21 heavy (non-hydrogen) atoms. The van der Waals surface area contributed by atoms with Gasteiger partial charge < -0.3 is 11.1 Å². The number of nitrogens with two attached hydrogens (primary N) is 1. The minimum atomic E-state index is -0.391. The number of benzene rings is 1. The maximum Gasteiger partial charge on any atom is 0.224 e. The van der Waals surface area contributed by atoms with E-state index >= 15 is 0 Å². The maximum atomic E-state index is 13.3. The molecule has 0 radical (unpaired) electrons. The zero-order valence-corrected chi connectivity index (χ0v) is 13.1. The minimum Gasteiger partial charge on any atom is -0.325 e. The Morgan fingerprint density at radius 2 is 2.10 bits per heavy atom. The van der Waals surface area contributed by atoms with Gasteiger partial charge in [-0.1, -0.05) is 39.5 Å². The molecule has 0 aromatic heterocycles. The first-order valence-electron chi connectivity index (χ1n) is 7.02. The Labute approximate surface area is 126 Å². The first-order valence-corrected chi connectivity index (χ1v) is 7.02. The van der Waals surface area contributed by atoms with Crippen molar-refractivity contribution in [2.24, 2.45) is 17.1 Å². The lowest BCUT2D eigenvalue weighted by Crippen LogP contribution is -2.24. The van der Waals surface area contributed by atoms with Crippen molar-refractivity contribution < 1.29 is 9.18 Å². The number of nitrogens with one attached hydrogen (secondary N) is 1. The predicted molar refractivity (Wildman–Crippen MR) is 84.2 cm³/mol. The summed E-state index contributed by atoms with van der Waals surface area (Å²) in [5.41, 5.74) is 6.34. The molecule has 0 bridgehead atoms. The monoisotopic (exact) mass is 290 g/mol. The summed E-state index contributed by atoms with van der Waals surface area (Å²) in [4.78, 5) is 12.1. The third-order valence-electron chi connectivity index (χ3n) is 3.55. The number of hydrogen-bond donors (Lipinski definition) is 2. The van der Waals surface area contributed by atoms with Crippen LogP contribution in [-0.4, -0.2) is 12.5 Å². The molecule has 4 heteroatoms. The summed E-state index contributed by atoms with van der Waals surface area (Å²) in [6, 6.07) is 4.12.